The minimum atomic E-state index is -0.622. The molecular weight excluding hydrogens is 225 g/mol. The maximum Gasteiger partial charge on any atom is 0.234 e. The van der Waals surface area contributed by atoms with Crippen LogP contribution in [0, 0.1) is 5.95 Å². The van der Waals surface area contributed by atoms with Gasteiger partial charge >= 0.3 is 0 Å². The van der Waals surface area contributed by atoms with E-state index in [0.717, 1.165) is 0 Å². The van der Waals surface area contributed by atoms with E-state index in [1.165, 1.54) is 12.3 Å². The summed E-state index contributed by atoms with van der Waals surface area (Å²) in [5.74, 6) is -1.72. The normalized spacial score (nSPS) is 20.2. The van der Waals surface area contributed by atoms with Crippen LogP contribution in [0.4, 0.5) is 4.39 Å². The number of nitrogens with zero attached hydrogens (tertiary/aromatic N) is 1. The van der Waals surface area contributed by atoms with Crippen LogP contribution in [0.25, 0.3) is 0 Å². The van der Waals surface area contributed by atoms with Crippen molar-refractivity contribution in [2.45, 2.75) is 25.3 Å². The van der Waals surface area contributed by atoms with Crippen LogP contribution < -0.4 is 11.1 Å². The van der Waals surface area contributed by atoms with Crippen LogP contribution in [0.5, 0.6) is 0 Å². The SMILES string of the molecule is NCc1cc(C2CCC(=O)NC2=O)cnc1F. The molecule has 1 aromatic heterocycles. The summed E-state index contributed by atoms with van der Waals surface area (Å²) < 4.78 is 13.2. The topological polar surface area (TPSA) is 85.1 Å². The molecule has 5 nitrogen and oxygen atoms in total. The monoisotopic (exact) mass is 237 g/mol. The highest BCUT2D eigenvalue weighted by atomic mass is 19.1. The zero-order chi connectivity index (χ0) is 12.4. The van der Waals surface area contributed by atoms with Gasteiger partial charge in [-0.25, -0.2) is 4.98 Å². The molecule has 2 heterocycles. The van der Waals surface area contributed by atoms with Crippen LogP contribution in [0.2, 0.25) is 0 Å². The number of hydrogen-bond acceptors (Lipinski definition) is 4. The van der Waals surface area contributed by atoms with Gasteiger partial charge in [-0.2, -0.15) is 4.39 Å². The fourth-order valence-corrected chi connectivity index (χ4v) is 1.86. The molecule has 1 saturated heterocycles. The second-order valence-corrected chi connectivity index (χ2v) is 3.93. The van der Waals surface area contributed by atoms with Crippen molar-refractivity contribution < 1.29 is 14.0 Å². The first-order valence-corrected chi connectivity index (χ1v) is 5.30. The molecule has 1 aliphatic heterocycles. The number of pyridine rings is 1. The third-order valence-electron chi connectivity index (χ3n) is 2.79. The van der Waals surface area contributed by atoms with E-state index in [0.29, 0.717) is 12.0 Å². The van der Waals surface area contributed by atoms with E-state index < -0.39 is 11.9 Å². The Morgan fingerprint density at radius 3 is 2.94 bits per heavy atom. The molecule has 2 rings (SSSR count). The Kier molecular flexibility index (Phi) is 3.14. The number of rotatable bonds is 2. The molecule has 1 atom stereocenters. The van der Waals surface area contributed by atoms with Gasteiger partial charge < -0.3 is 5.73 Å². The maximum absolute atomic E-state index is 13.2. The Hall–Kier alpha value is -1.82. The van der Waals surface area contributed by atoms with Crippen molar-refractivity contribution >= 4 is 11.8 Å². The third kappa shape index (κ3) is 2.31. The number of hydrogen-bond donors (Lipinski definition) is 2. The summed E-state index contributed by atoms with van der Waals surface area (Å²) in [5, 5.41) is 2.25. The van der Waals surface area contributed by atoms with E-state index in [4.69, 9.17) is 5.73 Å². The molecule has 1 unspecified atom stereocenters. The van der Waals surface area contributed by atoms with E-state index >= 15 is 0 Å². The number of carbonyl (C=O) groups is 2. The summed E-state index contributed by atoms with van der Waals surface area (Å²) in [7, 11) is 0. The molecule has 2 amide bonds. The Morgan fingerprint density at radius 2 is 2.29 bits per heavy atom. The first-order valence-electron chi connectivity index (χ1n) is 5.30. The van der Waals surface area contributed by atoms with Gasteiger partial charge in [0, 0.05) is 24.7 Å². The summed E-state index contributed by atoms with van der Waals surface area (Å²) in [5.41, 5.74) is 6.24. The van der Waals surface area contributed by atoms with Crippen molar-refractivity contribution in [2.75, 3.05) is 0 Å². The average molecular weight is 237 g/mol. The lowest BCUT2D eigenvalue weighted by Crippen LogP contribution is -2.39. The lowest BCUT2D eigenvalue weighted by molar-refractivity contribution is -0.134. The Balaban J connectivity index is 2.28. The zero-order valence-corrected chi connectivity index (χ0v) is 9.07. The first kappa shape index (κ1) is 11.7. The smallest absolute Gasteiger partial charge is 0.234 e. The van der Waals surface area contributed by atoms with Crippen molar-refractivity contribution in [1.82, 2.24) is 10.3 Å². The molecule has 0 spiro atoms. The summed E-state index contributed by atoms with van der Waals surface area (Å²) in [6.45, 7) is 0.0277. The van der Waals surface area contributed by atoms with Gasteiger partial charge in [-0.1, -0.05) is 0 Å². The van der Waals surface area contributed by atoms with E-state index in [1.807, 2.05) is 0 Å². The molecule has 1 aliphatic rings. The average Bonchev–Trinajstić information content (AvgIpc) is 2.30. The van der Waals surface area contributed by atoms with Crippen molar-refractivity contribution in [1.29, 1.82) is 0 Å². The largest absolute Gasteiger partial charge is 0.326 e. The highest BCUT2D eigenvalue weighted by Gasteiger charge is 2.28. The molecule has 0 aliphatic carbocycles. The number of halogens is 1. The van der Waals surface area contributed by atoms with Gasteiger partial charge in [0.15, 0.2) is 0 Å². The number of piperidine rings is 1. The number of amides is 2. The second kappa shape index (κ2) is 4.58. The lowest BCUT2D eigenvalue weighted by Gasteiger charge is -2.21. The summed E-state index contributed by atoms with van der Waals surface area (Å²) in [4.78, 5) is 26.2. The van der Waals surface area contributed by atoms with Gasteiger partial charge in [0.05, 0.1) is 5.92 Å². The van der Waals surface area contributed by atoms with Crippen LogP contribution >= 0.6 is 0 Å². The molecule has 0 aromatic carbocycles. The van der Waals surface area contributed by atoms with E-state index in [2.05, 4.69) is 10.3 Å². The van der Waals surface area contributed by atoms with Gasteiger partial charge in [-0.15, -0.1) is 0 Å². The molecule has 1 aromatic rings. The minimum Gasteiger partial charge on any atom is -0.326 e. The number of aromatic nitrogens is 1. The molecular formula is C11H12FN3O2. The van der Waals surface area contributed by atoms with Crippen LogP contribution in [0.15, 0.2) is 12.3 Å². The molecule has 90 valence electrons. The van der Waals surface area contributed by atoms with Crippen LogP contribution in [-0.2, 0) is 16.1 Å². The minimum absolute atomic E-state index is 0.0277. The van der Waals surface area contributed by atoms with Crippen LogP contribution in [0.1, 0.15) is 29.9 Å². The number of carbonyl (C=O) groups excluding carboxylic acids is 2. The number of nitrogens with one attached hydrogen (secondary N) is 1. The standard InChI is InChI=1S/C11H12FN3O2/c12-10-6(4-13)3-7(5-14-10)8-1-2-9(16)15-11(8)17/h3,5,8H,1-2,4,13H2,(H,15,16,17). The van der Waals surface area contributed by atoms with Gasteiger partial charge in [0.25, 0.3) is 0 Å². The van der Waals surface area contributed by atoms with Crippen molar-refractivity contribution in [3.63, 3.8) is 0 Å². The van der Waals surface area contributed by atoms with E-state index in [9.17, 15) is 14.0 Å². The molecule has 0 radical (unpaired) electrons. The summed E-state index contributed by atoms with van der Waals surface area (Å²) in [6.07, 6.45) is 2.02. The van der Waals surface area contributed by atoms with Gasteiger partial charge in [-0.3, -0.25) is 14.9 Å². The van der Waals surface area contributed by atoms with Crippen molar-refractivity contribution in [3.05, 3.63) is 29.3 Å². The second-order valence-electron chi connectivity index (χ2n) is 3.93. The van der Waals surface area contributed by atoms with Gasteiger partial charge in [-0.05, 0) is 18.1 Å². The number of nitrogens with two attached hydrogens (primary N) is 1. The van der Waals surface area contributed by atoms with Gasteiger partial charge in [0.1, 0.15) is 0 Å². The van der Waals surface area contributed by atoms with Crippen LogP contribution in [-0.4, -0.2) is 16.8 Å². The summed E-state index contributed by atoms with van der Waals surface area (Å²) >= 11 is 0. The third-order valence-corrected chi connectivity index (χ3v) is 2.79. The fourth-order valence-electron chi connectivity index (χ4n) is 1.86. The predicted octanol–water partition coefficient (Wildman–Crippen LogP) is 0.200. The molecule has 0 saturated carbocycles. The molecule has 6 heteroatoms. The van der Waals surface area contributed by atoms with Crippen molar-refractivity contribution in [2.24, 2.45) is 5.73 Å². The quantitative estimate of drug-likeness (QED) is 0.568. The Labute approximate surface area is 97.2 Å². The Bertz CT molecular complexity index is 476. The maximum atomic E-state index is 13.2. The number of imide groups is 1. The van der Waals surface area contributed by atoms with E-state index in [1.54, 1.807) is 0 Å². The highest BCUT2D eigenvalue weighted by molar-refractivity contribution is 6.00. The lowest BCUT2D eigenvalue weighted by atomic mass is 9.91. The fraction of sp³-hybridized carbons (Fsp3) is 0.364. The molecule has 3 N–H and O–H groups in total. The highest BCUT2D eigenvalue weighted by Crippen LogP contribution is 2.25. The van der Waals surface area contributed by atoms with E-state index in [-0.39, 0.29) is 30.3 Å². The zero-order valence-electron chi connectivity index (χ0n) is 9.07. The summed E-state index contributed by atoms with van der Waals surface area (Å²) in [6, 6.07) is 1.53. The Morgan fingerprint density at radius 1 is 1.53 bits per heavy atom. The molecule has 0 bridgehead atoms. The van der Waals surface area contributed by atoms with Gasteiger partial charge in [0.2, 0.25) is 17.8 Å². The van der Waals surface area contributed by atoms with Crippen molar-refractivity contribution in [3.8, 4) is 0 Å². The predicted molar refractivity (Wildman–Crippen MR) is 57.2 cm³/mol. The first-order chi connectivity index (χ1) is 8.11. The molecule has 1 fully saturated rings. The van der Waals surface area contributed by atoms with Crippen LogP contribution in [0.3, 0.4) is 0 Å². The molecule has 17 heavy (non-hydrogen) atoms.